The van der Waals surface area contributed by atoms with Crippen LogP contribution in [0.5, 0.6) is 0 Å². The molecule has 0 bridgehead atoms. The normalized spacial score (nSPS) is 17.2. The van der Waals surface area contributed by atoms with Crippen molar-refractivity contribution in [3.8, 4) is 0 Å². The third kappa shape index (κ3) is 2.91. The summed E-state index contributed by atoms with van der Waals surface area (Å²) in [6.45, 7) is 2.30. The number of hydrogen-bond donors (Lipinski definition) is 1. The first-order valence-corrected chi connectivity index (χ1v) is 7.93. The predicted molar refractivity (Wildman–Crippen MR) is 84.5 cm³/mol. The number of carboxylic acid groups (broad SMARTS) is 1. The summed E-state index contributed by atoms with van der Waals surface area (Å²) in [7, 11) is 0. The summed E-state index contributed by atoms with van der Waals surface area (Å²) in [4.78, 5) is 25.6. The highest BCUT2D eigenvalue weighted by molar-refractivity contribution is 5.96. The van der Waals surface area contributed by atoms with Gasteiger partial charge < -0.3 is 14.4 Å². The van der Waals surface area contributed by atoms with Crippen molar-refractivity contribution in [3.05, 3.63) is 58.8 Å². The van der Waals surface area contributed by atoms with E-state index in [4.69, 9.17) is 4.42 Å². The number of likely N-dealkylation sites (tertiary alicyclic amines) is 1. The molecule has 2 aromatic rings. The maximum Gasteiger partial charge on any atom is 0.339 e. The molecule has 0 saturated carbocycles. The standard InChI is InChI=1S/C18H18FNO4/c1-2-15-13(18(22)23)10-16(24-15)17(21)20-8-4-7-14(20)11-5-3-6-12(19)9-11/h3,5-6,9-10,14H,2,4,7-8H2,1H3,(H,22,23). The summed E-state index contributed by atoms with van der Waals surface area (Å²) in [5.41, 5.74) is 0.754. The zero-order valence-corrected chi connectivity index (χ0v) is 13.3. The second kappa shape index (κ2) is 6.47. The summed E-state index contributed by atoms with van der Waals surface area (Å²) in [5, 5.41) is 9.19. The zero-order valence-electron chi connectivity index (χ0n) is 13.3. The van der Waals surface area contributed by atoms with Gasteiger partial charge in [-0.05, 0) is 30.5 Å². The number of carbonyl (C=O) groups excluding carboxylic acids is 1. The van der Waals surface area contributed by atoms with Gasteiger partial charge in [0.1, 0.15) is 17.1 Å². The van der Waals surface area contributed by atoms with E-state index in [0.717, 1.165) is 18.4 Å². The lowest BCUT2D eigenvalue weighted by molar-refractivity contribution is 0.0687. The number of hydrogen-bond acceptors (Lipinski definition) is 3. The molecule has 1 fully saturated rings. The van der Waals surface area contributed by atoms with E-state index >= 15 is 0 Å². The largest absolute Gasteiger partial charge is 0.478 e. The van der Waals surface area contributed by atoms with Crippen molar-refractivity contribution in [3.63, 3.8) is 0 Å². The van der Waals surface area contributed by atoms with Gasteiger partial charge >= 0.3 is 5.97 Å². The number of carboxylic acids is 1. The van der Waals surface area contributed by atoms with Gasteiger partial charge in [0.25, 0.3) is 5.91 Å². The predicted octanol–water partition coefficient (Wildman–Crippen LogP) is 3.66. The molecule has 1 aromatic heterocycles. The van der Waals surface area contributed by atoms with Gasteiger partial charge in [0.15, 0.2) is 5.76 Å². The van der Waals surface area contributed by atoms with Gasteiger partial charge in [0.05, 0.1) is 6.04 Å². The van der Waals surface area contributed by atoms with Gasteiger partial charge in [-0.15, -0.1) is 0 Å². The highest BCUT2D eigenvalue weighted by atomic mass is 19.1. The van der Waals surface area contributed by atoms with E-state index in [1.807, 2.05) is 0 Å². The van der Waals surface area contributed by atoms with Gasteiger partial charge in [-0.1, -0.05) is 19.1 Å². The lowest BCUT2D eigenvalue weighted by atomic mass is 10.0. The minimum absolute atomic E-state index is 0.0161. The number of nitrogens with zero attached hydrogens (tertiary/aromatic N) is 1. The van der Waals surface area contributed by atoms with Crippen molar-refractivity contribution < 1.29 is 23.5 Å². The number of aromatic carboxylic acids is 1. The van der Waals surface area contributed by atoms with Crippen LogP contribution in [0.15, 0.2) is 34.7 Å². The smallest absolute Gasteiger partial charge is 0.339 e. The Hall–Kier alpha value is -2.63. The second-order valence-corrected chi connectivity index (χ2v) is 5.82. The maximum absolute atomic E-state index is 13.5. The molecule has 5 nitrogen and oxygen atoms in total. The van der Waals surface area contributed by atoms with Crippen LogP contribution >= 0.6 is 0 Å². The molecule has 1 amide bonds. The fourth-order valence-electron chi connectivity index (χ4n) is 3.19. The van der Waals surface area contributed by atoms with Gasteiger partial charge in [0, 0.05) is 19.0 Å². The molecule has 6 heteroatoms. The van der Waals surface area contributed by atoms with E-state index in [0.29, 0.717) is 13.0 Å². The Kier molecular flexibility index (Phi) is 4.38. The quantitative estimate of drug-likeness (QED) is 0.928. The van der Waals surface area contributed by atoms with Gasteiger partial charge in [-0.2, -0.15) is 0 Å². The Morgan fingerprint density at radius 1 is 1.38 bits per heavy atom. The van der Waals surface area contributed by atoms with Crippen molar-refractivity contribution in [2.75, 3.05) is 6.54 Å². The third-order valence-electron chi connectivity index (χ3n) is 4.32. The topological polar surface area (TPSA) is 70.8 Å². The van der Waals surface area contributed by atoms with Crippen molar-refractivity contribution >= 4 is 11.9 Å². The molecule has 0 aliphatic carbocycles. The summed E-state index contributed by atoms with van der Waals surface area (Å²) < 4.78 is 18.9. The van der Waals surface area contributed by atoms with Crippen LogP contribution in [0.3, 0.4) is 0 Å². The average Bonchev–Trinajstić information content (AvgIpc) is 3.21. The molecule has 1 atom stereocenters. The van der Waals surface area contributed by atoms with Crippen LogP contribution in [0, 0.1) is 5.82 Å². The summed E-state index contributed by atoms with van der Waals surface area (Å²) in [6.07, 6.45) is 1.94. The molecular formula is C18H18FNO4. The van der Waals surface area contributed by atoms with Crippen molar-refractivity contribution in [1.82, 2.24) is 4.90 Å². The molecule has 1 aromatic carbocycles. The molecule has 1 aliphatic rings. The minimum atomic E-state index is -1.11. The highest BCUT2D eigenvalue weighted by Crippen LogP contribution is 2.34. The Morgan fingerprint density at radius 2 is 2.17 bits per heavy atom. The van der Waals surface area contributed by atoms with Crippen LogP contribution in [-0.2, 0) is 6.42 Å². The number of benzene rings is 1. The fourth-order valence-corrected chi connectivity index (χ4v) is 3.19. The molecule has 1 aliphatic heterocycles. The lowest BCUT2D eigenvalue weighted by Crippen LogP contribution is -2.30. The highest BCUT2D eigenvalue weighted by Gasteiger charge is 2.33. The summed E-state index contributed by atoms with van der Waals surface area (Å²) >= 11 is 0. The Balaban J connectivity index is 1.90. The van der Waals surface area contributed by atoms with E-state index in [1.54, 1.807) is 24.0 Å². The monoisotopic (exact) mass is 331 g/mol. The minimum Gasteiger partial charge on any atom is -0.478 e. The van der Waals surface area contributed by atoms with Crippen LogP contribution in [0.4, 0.5) is 4.39 Å². The summed E-state index contributed by atoms with van der Waals surface area (Å²) in [6, 6.07) is 7.27. The van der Waals surface area contributed by atoms with Crippen LogP contribution in [-0.4, -0.2) is 28.4 Å². The molecule has 0 spiro atoms. The molecule has 24 heavy (non-hydrogen) atoms. The number of aryl methyl sites for hydroxylation is 1. The zero-order chi connectivity index (χ0) is 17.3. The Morgan fingerprint density at radius 3 is 2.79 bits per heavy atom. The van der Waals surface area contributed by atoms with Crippen molar-refractivity contribution in [2.45, 2.75) is 32.2 Å². The Bertz CT molecular complexity index is 783. The van der Waals surface area contributed by atoms with Crippen LogP contribution in [0.25, 0.3) is 0 Å². The number of rotatable bonds is 4. The van der Waals surface area contributed by atoms with Gasteiger partial charge in [-0.3, -0.25) is 4.79 Å². The van der Waals surface area contributed by atoms with E-state index in [1.165, 1.54) is 18.2 Å². The molecule has 0 radical (unpaired) electrons. The van der Waals surface area contributed by atoms with Crippen molar-refractivity contribution in [2.24, 2.45) is 0 Å². The average molecular weight is 331 g/mol. The van der Waals surface area contributed by atoms with E-state index < -0.39 is 5.97 Å². The number of carbonyl (C=O) groups is 2. The lowest BCUT2D eigenvalue weighted by Gasteiger charge is -2.24. The second-order valence-electron chi connectivity index (χ2n) is 5.82. The third-order valence-corrected chi connectivity index (χ3v) is 4.32. The molecular weight excluding hydrogens is 313 g/mol. The van der Waals surface area contributed by atoms with E-state index in [2.05, 4.69) is 0 Å². The number of furan rings is 1. The van der Waals surface area contributed by atoms with Gasteiger partial charge in [-0.25, -0.2) is 9.18 Å². The maximum atomic E-state index is 13.5. The fraction of sp³-hybridized carbons (Fsp3) is 0.333. The van der Waals surface area contributed by atoms with Crippen LogP contribution in [0.1, 0.15) is 58.0 Å². The van der Waals surface area contributed by atoms with Crippen LogP contribution < -0.4 is 0 Å². The molecule has 126 valence electrons. The van der Waals surface area contributed by atoms with E-state index in [9.17, 15) is 19.1 Å². The van der Waals surface area contributed by atoms with Gasteiger partial charge in [0.2, 0.25) is 0 Å². The molecule has 1 unspecified atom stereocenters. The number of amides is 1. The first-order valence-electron chi connectivity index (χ1n) is 7.93. The van der Waals surface area contributed by atoms with Crippen LogP contribution in [0.2, 0.25) is 0 Å². The Labute approximate surface area is 138 Å². The molecule has 1 saturated heterocycles. The van der Waals surface area contributed by atoms with Crippen molar-refractivity contribution in [1.29, 1.82) is 0 Å². The SMILES string of the molecule is CCc1oc(C(=O)N2CCCC2c2cccc(F)c2)cc1C(=O)O. The molecule has 3 rings (SSSR count). The number of halogens is 1. The first-order chi connectivity index (χ1) is 11.5. The molecule has 1 N–H and O–H groups in total. The molecule has 2 heterocycles. The summed E-state index contributed by atoms with van der Waals surface area (Å²) in [5.74, 6) is -1.51. The first kappa shape index (κ1) is 16.2. The van der Waals surface area contributed by atoms with E-state index in [-0.39, 0.29) is 34.9 Å².